The molecular weight excluding hydrogens is 413 g/mol. The molecule has 0 saturated heterocycles. The molecule has 0 radical (unpaired) electrons. The predicted molar refractivity (Wildman–Crippen MR) is 116 cm³/mol. The van der Waals surface area contributed by atoms with E-state index < -0.39 is 0 Å². The molecule has 0 bridgehead atoms. The highest BCUT2D eigenvalue weighted by Gasteiger charge is 2.24. The average molecular weight is 428 g/mol. The zero-order valence-corrected chi connectivity index (χ0v) is 17.2. The molecule has 2 heterocycles. The van der Waals surface area contributed by atoms with Crippen LogP contribution < -0.4 is 4.90 Å². The van der Waals surface area contributed by atoms with Crippen molar-refractivity contribution in [2.45, 2.75) is 13.5 Å². The summed E-state index contributed by atoms with van der Waals surface area (Å²) in [6.45, 7) is 2.30. The third kappa shape index (κ3) is 3.74. The van der Waals surface area contributed by atoms with E-state index in [0.29, 0.717) is 27.3 Å². The summed E-state index contributed by atoms with van der Waals surface area (Å²) in [6, 6.07) is 14.5. The largest absolute Gasteiger partial charge is 0.279 e. The molecule has 0 spiro atoms. The molecule has 0 saturated carbocycles. The maximum atomic E-state index is 13.4. The third-order valence-corrected chi connectivity index (χ3v) is 5.86. The van der Waals surface area contributed by atoms with Gasteiger partial charge in [-0.25, -0.2) is 4.98 Å². The molecule has 0 aliphatic carbocycles. The number of aromatic nitrogens is 2. The van der Waals surface area contributed by atoms with Crippen LogP contribution in [-0.4, -0.2) is 15.9 Å². The summed E-state index contributed by atoms with van der Waals surface area (Å²) in [6.07, 6.45) is 3.44. The topological polar surface area (TPSA) is 46.1 Å². The molecule has 0 fully saturated rings. The van der Waals surface area contributed by atoms with Gasteiger partial charge >= 0.3 is 0 Å². The second kappa shape index (κ2) is 7.87. The van der Waals surface area contributed by atoms with Gasteiger partial charge in [0.25, 0.3) is 5.91 Å². The molecule has 140 valence electrons. The van der Waals surface area contributed by atoms with Crippen molar-refractivity contribution < 1.29 is 4.79 Å². The minimum atomic E-state index is -0.211. The van der Waals surface area contributed by atoms with Crippen LogP contribution in [0.5, 0.6) is 0 Å². The van der Waals surface area contributed by atoms with E-state index in [1.165, 1.54) is 11.3 Å². The number of nitrogens with zero attached hydrogens (tertiary/aromatic N) is 3. The Morgan fingerprint density at radius 1 is 1.14 bits per heavy atom. The van der Waals surface area contributed by atoms with Crippen LogP contribution in [0.4, 0.5) is 5.13 Å². The van der Waals surface area contributed by atoms with E-state index in [-0.39, 0.29) is 5.91 Å². The molecule has 0 aliphatic rings. The number of carbonyl (C=O) groups excluding carboxylic acids is 1. The first-order valence-electron chi connectivity index (χ1n) is 8.55. The Kier molecular flexibility index (Phi) is 5.31. The summed E-state index contributed by atoms with van der Waals surface area (Å²) >= 11 is 13.9. The number of benzene rings is 2. The fraction of sp³-hybridized carbons (Fsp3) is 0.0952. The molecule has 4 nitrogen and oxygen atoms in total. The Morgan fingerprint density at radius 3 is 2.71 bits per heavy atom. The van der Waals surface area contributed by atoms with E-state index in [1.807, 2.05) is 31.2 Å². The minimum Gasteiger partial charge on any atom is -0.279 e. The summed E-state index contributed by atoms with van der Waals surface area (Å²) in [5.41, 5.74) is 3.14. The van der Waals surface area contributed by atoms with Crippen molar-refractivity contribution in [1.82, 2.24) is 9.97 Å². The maximum absolute atomic E-state index is 13.4. The van der Waals surface area contributed by atoms with Gasteiger partial charge in [-0.2, -0.15) is 0 Å². The highest BCUT2D eigenvalue weighted by molar-refractivity contribution is 7.22. The summed E-state index contributed by atoms with van der Waals surface area (Å²) in [4.78, 5) is 23.9. The normalized spacial score (nSPS) is 11.0. The molecule has 4 aromatic rings. The van der Waals surface area contributed by atoms with E-state index in [9.17, 15) is 4.79 Å². The summed E-state index contributed by atoms with van der Waals surface area (Å²) in [7, 11) is 0. The first-order valence-corrected chi connectivity index (χ1v) is 10.1. The van der Waals surface area contributed by atoms with Crippen LogP contribution in [0.1, 0.15) is 21.5 Å². The Labute approximate surface area is 176 Å². The van der Waals surface area contributed by atoms with Crippen LogP contribution in [0.2, 0.25) is 10.0 Å². The fourth-order valence-electron chi connectivity index (χ4n) is 2.94. The van der Waals surface area contributed by atoms with Gasteiger partial charge < -0.3 is 0 Å². The monoisotopic (exact) mass is 427 g/mol. The number of amides is 1. The lowest BCUT2D eigenvalue weighted by Gasteiger charge is -2.20. The Morgan fingerprint density at radius 2 is 1.96 bits per heavy atom. The van der Waals surface area contributed by atoms with Gasteiger partial charge in [-0.1, -0.05) is 52.7 Å². The van der Waals surface area contributed by atoms with Crippen molar-refractivity contribution >= 4 is 55.8 Å². The number of hydrogen-bond acceptors (Lipinski definition) is 4. The van der Waals surface area contributed by atoms with Gasteiger partial charge in [0.2, 0.25) is 0 Å². The number of carbonyl (C=O) groups is 1. The van der Waals surface area contributed by atoms with Crippen LogP contribution in [-0.2, 0) is 6.54 Å². The summed E-state index contributed by atoms with van der Waals surface area (Å²) < 4.78 is 0.933. The minimum absolute atomic E-state index is 0.211. The van der Waals surface area contributed by atoms with Crippen LogP contribution in [0.25, 0.3) is 10.2 Å². The van der Waals surface area contributed by atoms with Crippen LogP contribution in [0.15, 0.2) is 60.9 Å². The Balaban J connectivity index is 1.82. The van der Waals surface area contributed by atoms with Gasteiger partial charge in [-0.15, -0.1) is 0 Å². The smallest absolute Gasteiger partial charge is 0.261 e. The Hall–Kier alpha value is -2.47. The number of pyridine rings is 1. The number of anilines is 1. The van der Waals surface area contributed by atoms with E-state index >= 15 is 0 Å². The van der Waals surface area contributed by atoms with Crippen LogP contribution in [0, 0.1) is 6.92 Å². The van der Waals surface area contributed by atoms with Crippen molar-refractivity contribution in [1.29, 1.82) is 0 Å². The van der Waals surface area contributed by atoms with Crippen molar-refractivity contribution in [3.05, 3.63) is 87.7 Å². The van der Waals surface area contributed by atoms with Crippen molar-refractivity contribution in [3.63, 3.8) is 0 Å². The molecule has 0 aliphatic heterocycles. The van der Waals surface area contributed by atoms with Gasteiger partial charge in [-0.3, -0.25) is 14.7 Å². The summed E-state index contributed by atoms with van der Waals surface area (Å²) in [5.74, 6) is -0.211. The SMILES string of the molecule is Cc1cc(Cl)cc2sc(N(Cc3cccnc3)C(=O)c3ccccc3Cl)nc12. The lowest BCUT2D eigenvalue weighted by Crippen LogP contribution is -2.30. The zero-order valence-electron chi connectivity index (χ0n) is 14.9. The van der Waals surface area contributed by atoms with E-state index in [4.69, 9.17) is 28.2 Å². The van der Waals surface area contributed by atoms with Gasteiger partial charge in [0.1, 0.15) is 0 Å². The molecule has 2 aromatic carbocycles. The lowest BCUT2D eigenvalue weighted by molar-refractivity contribution is 0.0985. The number of rotatable bonds is 4. The third-order valence-electron chi connectivity index (χ3n) is 4.28. The number of aryl methyl sites for hydroxylation is 1. The fourth-order valence-corrected chi connectivity index (χ4v) is 4.57. The lowest BCUT2D eigenvalue weighted by atomic mass is 10.2. The standard InChI is InChI=1S/C21H15Cl2N3OS/c1-13-9-15(22)10-18-19(13)25-21(28-18)26(12-14-5-4-8-24-11-14)20(27)16-6-2-3-7-17(16)23/h2-11H,12H2,1H3. The molecule has 7 heteroatoms. The van der Waals surface area contributed by atoms with E-state index in [1.54, 1.807) is 41.6 Å². The Bertz CT molecular complexity index is 1160. The molecular formula is C21H15Cl2N3OS. The van der Waals surface area contributed by atoms with Gasteiger partial charge in [-0.05, 0) is 48.4 Å². The second-order valence-electron chi connectivity index (χ2n) is 6.30. The molecule has 4 rings (SSSR count). The van der Waals surface area contributed by atoms with E-state index in [2.05, 4.69) is 4.98 Å². The van der Waals surface area contributed by atoms with Crippen LogP contribution in [0.3, 0.4) is 0 Å². The van der Waals surface area contributed by atoms with Crippen molar-refractivity contribution in [2.24, 2.45) is 0 Å². The van der Waals surface area contributed by atoms with Crippen molar-refractivity contribution in [3.8, 4) is 0 Å². The van der Waals surface area contributed by atoms with E-state index in [0.717, 1.165) is 21.3 Å². The average Bonchev–Trinajstić information content (AvgIpc) is 3.11. The predicted octanol–water partition coefficient (Wildman–Crippen LogP) is 6.15. The zero-order chi connectivity index (χ0) is 19.7. The highest BCUT2D eigenvalue weighted by atomic mass is 35.5. The number of thiazole rings is 1. The van der Waals surface area contributed by atoms with Gasteiger partial charge in [0, 0.05) is 17.4 Å². The van der Waals surface area contributed by atoms with Gasteiger partial charge in [0.15, 0.2) is 5.13 Å². The van der Waals surface area contributed by atoms with Gasteiger partial charge in [0.05, 0.1) is 27.3 Å². The molecule has 28 heavy (non-hydrogen) atoms. The number of hydrogen-bond donors (Lipinski definition) is 0. The molecule has 2 aromatic heterocycles. The highest BCUT2D eigenvalue weighted by Crippen LogP contribution is 2.34. The van der Waals surface area contributed by atoms with Crippen LogP contribution >= 0.6 is 34.5 Å². The number of halogens is 2. The van der Waals surface area contributed by atoms with Crippen molar-refractivity contribution in [2.75, 3.05) is 4.90 Å². The molecule has 0 N–H and O–H groups in total. The molecule has 0 unspecified atom stereocenters. The first-order chi connectivity index (χ1) is 13.5. The quantitative estimate of drug-likeness (QED) is 0.392. The maximum Gasteiger partial charge on any atom is 0.261 e. The summed E-state index contributed by atoms with van der Waals surface area (Å²) in [5, 5.41) is 1.65. The first kappa shape index (κ1) is 18.9. The second-order valence-corrected chi connectivity index (χ2v) is 8.15. The molecule has 1 amide bonds. The molecule has 0 atom stereocenters. The number of fused-ring (bicyclic) bond motifs is 1.